The Bertz CT molecular complexity index is 680. The van der Waals surface area contributed by atoms with Crippen molar-refractivity contribution in [1.82, 2.24) is 20.3 Å². The zero-order valence-corrected chi connectivity index (χ0v) is 10.2. The molecule has 0 saturated carbocycles. The van der Waals surface area contributed by atoms with Crippen molar-refractivity contribution in [2.75, 3.05) is 0 Å². The van der Waals surface area contributed by atoms with Crippen molar-refractivity contribution in [2.45, 2.75) is 30.8 Å². The summed E-state index contributed by atoms with van der Waals surface area (Å²) in [5.41, 5.74) is 5.61. The predicted octanol–water partition coefficient (Wildman–Crippen LogP) is -1.92. The summed E-state index contributed by atoms with van der Waals surface area (Å²) in [7, 11) is 0. The largest absolute Gasteiger partial charge is 0.389 e. The number of aromatic nitrogens is 3. The van der Waals surface area contributed by atoms with Crippen molar-refractivity contribution in [1.29, 1.82) is 0 Å². The highest BCUT2D eigenvalue weighted by molar-refractivity contribution is 5.79. The molecule has 1 aliphatic rings. The van der Waals surface area contributed by atoms with Crippen LogP contribution in [-0.2, 0) is 5.66 Å². The summed E-state index contributed by atoms with van der Waals surface area (Å²) in [5.74, 6) is 0. The van der Waals surface area contributed by atoms with E-state index >= 15 is 0 Å². The number of aliphatic hydroxyl groups is 2. The zero-order valence-electron chi connectivity index (χ0n) is 10.2. The summed E-state index contributed by atoms with van der Waals surface area (Å²) >= 11 is 0. The molecule has 0 radical (unpaired) electrons. The number of nitrogens with one attached hydrogen (secondary N) is 3. The molecule has 2 aromatic heterocycles. The number of fused-ring (bicyclic) bond motifs is 1. The van der Waals surface area contributed by atoms with Gasteiger partial charge in [0, 0.05) is 17.8 Å². The first-order valence-electron chi connectivity index (χ1n) is 5.93. The molecule has 0 spiro atoms. The van der Waals surface area contributed by atoms with Crippen LogP contribution >= 0.6 is 0 Å². The maximum absolute atomic E-state index is 11.6. The van der Waals surface area contributed by atoms with Crippen molar-refractivity contribution in [3.05, 3.63) is 28.4 Å². The summed E-state index contributed by atoms with van der Waals surface area (Å²) in [6.07, 6.45) is 0.611. The molecule has 3 rings (SSSR count). The van der Waals surface area contributed by atoms with Gasteiger partial charge in [-0.2, -0.15) is 0 Å². The van der Waals surface area contributed by atoms with Gasteiger partial charge in [-0.1, -0.05) is 0 Å². The minimum atomic E-state index is -1.35. The molecular weight excluding hydrogens is 250 g/mol. The van der Waals surface area contributed by atoms with E-state index in [0.29, 0.717) is 11.1 Å². The number of aromatic amines is 2. The first-order valence-corrected chi connectivity index (χ1v) is 5.93. The molecule has 19 heavy (non-hydrogen) atoms. The first kappa shape index (κ1) is 12.3. The van der Waals surface area contributed by atoms with Gasteiger partial charge in [0.05, 0.1) is 12.4 Å². The van der Waals surface area contributed by atoms with Gasteiger partial charge in [0.15, 0.2) is 0 Å². The van der Waals surface area contributed by atoms with E-state index in [9.17, 15) is 15.0 Å². The van der Waals surface area contributed by atoms with E-state index in [-0.39, 0.29) is 17.1 Å². The van der Waals surface area contributed by atoms with Gasteiger partial charge in [0.25, 0.3) is 5.56 Å². The van der Waals surface area contributed by atoms with Crippen molar-refractivity contribution in [3.63, 3.8) is 0 Å². The molecular formula is C11H15N5O3. The van der Waals surface area contributed by atoms with Crippen LogP contribution in [0.4, 0.5) is 0 Å². The van der Waals surface area contributed by atoms with Crippen molar-refractivity contribution >= 4 is 11.0 Å². The Morgan fingerprint density at radius 2 is 2.16 bits per heavy atom. The number of aliphatic hydroxyl groups excluding tert-OH is 2. The highest BCUT2D eigenvalue weighted by Gasteiger charge is 2.50. The van der Waals surface area contributed by atoms with Crippen LogP contribution in [0.5, 0.6) is 0 Å². The van der Waals surface area contributed by atoms with E-state index in [2.05, 4.69) is 20.3 Å². The summed E-state index contributed by atoms with van der Waals surface area (Å²) in [6, 6.07) is -0.369. The Hall–Kier alpha value is -1.74. The third-order valence-electron chi connectivity index (χ3n) is 3.68. The fourth-order valence-electron chi connectivity index (χ4n) is 2.59. The molecule has 4 atom stereocenters. The molecule has 102 valence electrons. The van der Waals surface area contributed by atoms with E-state index < -0.39 is 17.9 Å². The van der Waals surface area contributed by atoms with E-state index in [1.165, 1.54) is 12.5 Å². The Morgan fingerprint density at radius 1 is 1.42 bits per heavy atom. The minimum Gasteiger partial charge on any atom is -0.389 e. The van der Waals surface area contributed by atoms with Crippen molar-refractivity contribution < 1.29 is 10.2 Å². The standard InChI is InChI=1S/C11H15N5O3/c1-4-8(17)9(18)11(12,16-4)5-2-13-7-6(5)14-3-15-10(7)19/h2-4,8-9,13,16-18H,12H2,1H3,(H,14,15,19)/t4-,8-,9-,11+/m1/s1. The molecule has 8 nitrogen and oxygen atoms in total. The lowest BCUT2D eigenvalue weighted by molar-refractivity contribution is 0.00525. The number of H-pyrrole nitrogens is 2. The average Bonchev–Trinajstić information content (AvgIpc) is 2.89. The van der Waals surface area contributed by atoms with Crippen molar-refractivity contribution in [3.8, 4) is 0 Å². The Kier molecular flexibility index (Phi) is 2.51. The smallest absolute Gasteiger partial charge is 0.275 e. The van der Waals surface area contributed by atoms with Gasteiger partial charge in [0.2, 0.25) is 0 Å². The molecule has 0 aliphatic carbocycles. The molecule has 7 N–H and O–H groups in total. The number of nitrogens with two attached hydrogens (primary N) is 1. The van der Waals surface area contributed by atoms with Gasteiger partial charge < -0.3 is 25.9 Å². The molecule has 8 heteroatoms. The highest BCUT2D eigenvalue weighted by atomic mass is 16.3. The van der Waals surface area contributed by atoms with Crippen molar-refractivity contribution in [2.24, 2.45) is 5.73 Å². The van der Waals surface area contributed by atoms with Gasteiger partial charge in [-0.3, -0.25) is 10.1 Å². The predicted molar refractivity (Wildman–Crippen MR) is 67.2 cm³/mol. The monoisotopic (exact) mass is 265 g/mol. The maximum atomic E-state index is 11.6. The van der Waals surface area contributed by atoms with E-state index in [0.717, 1.165) is 0 Å². The Labute approximate surface area is 107 Å². The fraction of sp³-hybridized carbons (Fsp3) is 0.455. The van der Waals surface area contributed by atoms with Crippen LogP contribution in [0.1, 0.15) is 12.5 Å². The molecule has 0 amide bonds. The van der Waals surface area contributed by atoms with Crippen LogP contribution in [0.3, 0.4) is 0 Å². The first-order chi connectivity index (χ1) is 8.95. The average molecular weight is 265 g/mol. The van der Waals surface area contributed by atoms with E-state index in [1.807, 2.05) is 0 Å². The molecule has 3 heterocycles. The number of nitrogens with zero attached hydrogens (tertiary/aromatic N) is 1. The second-order valence-corrected chi connectivity index (χ2v) is 4.90. The minimum absolute atomic E-state index is 0.283. The summed E-state index contributed by atoms with van der Waals surface area (Å²) in [5, 5.41) is 22.9. The molecule has 0 aromatic carbocycles. The van der Waals surface area contributed by atoms with Crippen LogP contribution in [0.15, 0.2) is 17.3 Å². The van der Waals surface area contributed by atoms with Gasteiger partial charge >= 0.3 is 0 Å². The van der Waals surface area contributed by atoms with Gasteiger partial charge in [-0.25, -0.2) is 4.98 Å². The molecule has 1 fully saturated rings. The molecule has 0 bridgehead atoms. The van der Waals surface area contributed by atoms with Gasteiger partial charge in [0.1, 0.15) is 22.8 Å². The third kappa shape index (κ3) is 1.55. The van der Waals surface area contributed by atoms with Crippen LogP contribution in [-0.4, -0.2) is 43.4 Å². The zero-order chi connectivity index (χ0) is 13.8. The van der Waals surface area contributed by atoms with Gasteiger partial charge in [-0.15, -0.1) is 0 Å². The molecule has 2 aromatic rings. The number of hydrogen-bond donors (Lipinski definition) is 6. The third-order valence-corrected chi connectivity index (χ3v) is 3.68. The second-order valence-electron chi connectivity index (χ2n) is 4.90. The summed E-state index contributed by atoms with van der Waals surface area (Å²) in [6.45, 7) is 1.72. The van der Waals surface area contributed by atoms with E-state index in [4.69, 9.17) is 5.73 Å². The van der Waals surface area contributed by atoms with Crippen LogP contribution in [0.2, 0.25) is 0 Å². The summed E-state index contributed by atoms with van der Waals surface area (Å²) in [4.78, 5) is 20.9. The van der Waals surface area contributed by atoms with Gasteiger partial charge in [-0.05, 0) is 6.92 Å². The number of hydrogen-bond acceptors (Lipinski definition) is 6. The normalized spacial score (nSPS) is 35.1. The van der Waals surface area contributed by atoms with Crippen LogP contribution < -0.4 is 16.6 Å². The quantitative estimate of drug-likeness (QED) is 0.355. The van der Waals surface area contributed by atoms with Crippen LogP contribution in [0, 0.1) is 0 Å². The lowest BCUT2D eigenvalue weighted by Crippen LogP contribution is -2.54. The fourth-order valence-corrected chi connectivity index (χ4v) is 2.59. The van der Waals surface area contributed by atoms with E-state index in [1.54, 1.807) is 6.92 Å². The molecule has 1 saturated heterocycles. The van der Waals surface area contributed by atoms with Crippen LogP contribution in [0.25, 0.3) is 11.0 Å². The molecule has 1 aliphatic heterocycles. The second kappa shape index (κ2) is 3.87. The maximum Gasteiger partial charge on any atom is 0.275 e. The molecule has 0 unspecified atom stereocenters. The lowest BCUT2D eigenvalue weighted by Gasteiger charge is -2.28. The Balaban J connectivity index is 2.20. The summed E-state index contributed by atoms with van der Waals surface area (Å²) < 4.78 is 0. The topological polar surface area (TPSA) is 140 Å². The highest BCUT2D eigenvalue weighted by Crippen LogP contribution is 2.32. The Morgan fingerprint density at radius 3 is 2.79 bits per heavy atom. The lowest BCUT2D eigenvalue weighted by atomic mass is 9.96. The number of rotatable bonds is 1. The SMILES string of the molecule is C[C@H]1N[C@@](N)(c2c[nH]c3c(=O)[nH]cnc23)[C@H](O)[C@@H]1O.